The van der Waals surface area contributed by atoms with Crippen LogP contribution in [0.15, 0.2) is 12.2 Å². The van der Waals surface area contributed by atoms with Gasteiger partial charge in [0.2, 0.25) is 0 Å². The van der Waals surface area contributed by atoms with Crippen molar-refractivity contribution in [3.05, 3.63) is 18.1 Å². The summed E-state index contributed by atoms with van der Waals surface area (Å²) in [5, 5.41) is 0. The molecule has 1 nitrogen and oxygen atoms in total. The Hall–Kier alpha value is -0.720. The van der Waals surface area contributed by atoms with Crippen molar-refractivity contribution in [3.8, 4) is 0 Å². The summed E-state index contributed by atoms with van der Waals surface area (Å²) >= 11 is 0. The quantitative estimate of drug-likeness (QED) is 0.400. The van der Waals surface area contributed by atoms with Crippen molar-refractivity contribution in [1.82, 2.24) is 0 Å². The van der Waals surface area contributed by atoms with Crippen LogP contribution < -0.4 is 0 Å². The molecule has 1 fully saturated rings. The van der Waals surface area contributed by atoms with Gasteiger partial charge in [0.15, 0.2) is 5.92 Å². The molecule has 0 heterocycles. The number of hydrogen-bond donors (Lipinski definition) is 0. The monoisotopic (exact) mass is 137 g/mol. The zero-order valence-electron chi connectivity index (χ0n) is 6.44. The second-order valence-electron chi connectivity index (χ2n) is 2.94. The SMILES string of the molecule is C=C1CCC[C+](C(C)=O)C1. The molecule has 0 bridgehead atoms. The number of carbonyl (C=O) groups excluding carboxylic acids is 1. The highest BCUT2D eigenvalue weighted by Crippen LogP contribution is 2.29. The predicted octanol–water partition coefficient (Wildman–Crippen LogP) is 2.28. The van der Waals surface area contributed by atoms with Crippen molar-refractivity contribution in [2.75, 3.05) is 0 Å². The van der Waals surface area contributed by atoms with E-state index in [-0.39, 0.29) is 5.78 Å². The van der Waals surface area contributed by atoms with Gasteiger partial charge in [-0.1, -0.05) is 6.58 Å². The van der Waals surface area contributed by atoms with Crippen LogP contribution in [0, 0.1) is 5.92 Å². The molecule has 0 aliphatic heterocycles. The van der Waals surface area contributed by atoms with Crippen LogP contribution in [0.25, 0.3) is 0 Å². The zero-order valence-corrected chi connectivity index (χ0v) is 6.44. The van der Waals surface area contributed by atoms with Gasteiger partial charge in [0.05, 0.1) is 6.42 Å². The molecule has 0 N–H and O–H groups in total. The molecule has 54 valence electrons. The predicted molar refractivity (Wildman–Crippen MR) is 41.5 cm³/mol. The maximum atomic E-state index is 10.9. The molecule has 0 aromatic rings. The maximum Gasteiger partial charge on any atom is 0.305 e. The fourth-order valence-electron chi connectivity index (χ4n) is 1.33. The minimum Gasteiger partial charge on any atom is -0.244 e. The first-order valence-electron chi connectivity index (χ1n) is 3.72. The molecule has 0 unspecified atom stereocenters. The van der Waals surface area contributed by atoms with E-state index in [1.54, 1.807) is 6.92 Å². The van der Waals surface area contributed by atoms with Gasteiger partial charge < -0.3 is 0 Å². The van der Waals surface area contributed by atoms with Gasteiger partial charge in [-0.3, -0.25) is 0 Å². The molecule has 1 rings (SSSR count). The summed E-state index contributed by atoms with van der Waals surface area (Å²) in [6, 6.07) is 0. The standard InChI is InChI=1S/C9H13O/c1-7-4-3-5-9(6-7)8(2)10/h1,3-6H2,2H3/q+1. The summed E-state index contributed by atoms with van der Waals surface area (Å²) in [5.41, 5.74) is 1.22. The number of Topliss-reactive ketones (excluding diaryl/α,β-unsaturated/α-hetero) is 1. The van der Waals surface area contributed by atoms with Crippen LogP contribution in [0.1, 0.15) is 32.6 Å². The van der Waals surface area contributed by atoms with Crippen molar-refractivity contribution < 1.29 is 4.79 Å². The minimum atomic E-state index is 0.251. The smallest absolute Gasteiger partial charge is 0.244 e. The average Bonchev–Trinajstić information content (AvgIpc) is 1.88. The van der Waals surface area contributed by atoms with E-state index in [1.807, 2.05) is 0 Å². The second-order valence-corrected chi connectivity index (χ2v) is 2.94. The molecule has 0 radical (unpaired) electrons. The van der Waals surface area contributed by atoms with E-state index in [2.05, 4.69) is 6.58 Å². The van der Waals surface area contributed by atoms with E-state index in [4.69, 9.17) is 0 Å². The summed E-state index contributed by atoms with van der Waals surface area (Å²) in [4.78, 5) is 10.9. The van der Waals surface area contributed by atoms with Gasteiger partial charge in [-0.25, -0.2) is 4.79 Å². The zero-order chi connectivity index (χ0) is 7.56. The summed E-state index contributed by atoms with van der Waals surface area (Å²) in [6.45, 7) is 5.52. The fraction of sp³-hybridized carbons (Fsp3) is 0.556. The van der Waals surface area contributed by atoms with Crippen molar-refractivity contribution in [1.29, 1.82) is 0 Å². The first-order chi connectivity index (χ1) is 4.70. The lowest BCUT2D eigenvalue weighted by atomic mass is 9.84. The van der Waals surface area contributed by atoms with E-state index in [0.29, 0.717) is 0 Å². The van der Waals surface area contributed by atoms with E-state index < -0.39 is 0 Å². The first-order valence-corrected chi connectivity index (χ1v) is 3.72. The summed E-state index contributed by atoms with van der Waals surface area (Å²) in [7, 11) is 0. The highest BCUT2D eigenvalue weighted by molar-refractivity contribution is 5.90. The van der Waals surface area contributed by atoms with Crippen molar-refractivity contribution >= 4 is 5.78 Å². The Balaban J connectivity index is 2.47. The van der Waals surface area contributed by atoms with Crippen LogP contribution >= 0.6 is 0 Å². The molecule has 1 saturated carbocycles. The Bertz CT molecular complexity index is 156. The highest BCUT2D eigenvalue weighted by atomic mass is 16.1. The lowest BCUT2D eigenvalue weighted by molar-refractivity contribution is -0.115. The van der Waals surface area contributed by atoms with Gasteiger partial charge in [-0.05, 0) is 18.4 Å². The third kappa shape index (κ3) is 1.63. The molecule has 0 aromatic carbocycles. The Labute approximate surface area is 62.1 Å². The third-order valence-electron chi connectivity index (χ3n) is 1.97. The molecule has 0 atom stereocenters. The van der Waals surface area contributed by atoms with Crippen LogP contribution in [-0.2, 0) is 4.79 Å². The molecule has 1 aliphatic carbocycles. The normalized spacial score (nSPS) is 19.3. The van der Waals surface area contributed by atoms with Crippen molar-refractivity contribution in [2.45, 2.75) is 32.6 Å². The largest absolute Gasteiger partial charge is 0.305 e. The van der Waals surface area contributed by atoms with Gasteiger partial charge in [-0.15, -0.1) is 0 Å². The topological polar surface area (TPSA) is 17.1 Å². The van der Waals surface area contributed by atoms with Crippen LogP contribution in [0.5, 0.6) is 0 Å². The lowest BCUT2D eigenvalue weighted by Gasteiger charge is -2.10. The summed E-state index contributed by atoms with van der Waals surface area (Å²) in [6.07, 6.45) is 4.08. The number of allylic oxidation sites excluding steroid dienone is 1. The summed E-state index contributed by atoms with van der Waals surface area (Å²) in [5.74, 6) is 1.32. The Kier molecular flexibility index (Phi) is 2.15. The lowest BCUT2D eigenvalue weighted by Crippen LogP contribution is -2.13. The van der Waals surface area contributed by atoms with Crippen LogP contribution in [-0.4, -0.2) is 5.78 Å². The summed E-state index contributed by atoms with van der Waals surface area (Å²) < 4.78 is 0. The second kappa shape index (κ2) is 2.91. The molecule has 1 aliphatic rings. The average molecular weight is 137 g/mol. The maximum absolute atomic E-state index is 10.9. The molecule has 10 heavy (non-hydrogen) atoms. The van der Waals surface area contributed by atoms with E-state index in [1.165, 1.54) is 5.57 Å². The molecular weight excluding hydrogens is 124 g/mol. The Morgan fingerprint density at radius 2 is 2.40 bits per heavy atom. The van der Waals surface area contributed by atoms with E-state index >= 15 is 0 Å². The van der Waals surface area contributed by atoms with Crippen molar-refractivity contribution in [3.63, 3.8) is 0 Å². The first kappa shape index (κ1) is 7.39. The molecule has 0 saturated heterocycles. The van der Waals surface area contributed by atoms with E-state index in [9.17, 15) is 4.79 Å². The van der Waals surface area contributed by atoms with Crippen molar-refractivity contribution in [2.24, 2.45) is 0 Å². The van der Waals surface area contributed by atoms with Gasteiger partial charge in [0, 0.05) is 6.92 Å². The van der Waals surface area contributed by atoms with Gasteiger partial charge in [0.1, 0.15) is 6.42 Å². The fourth-order valence-corrected chi connectivity index (χ4v) is 1.33. The van der Waals surface area contributed by atoms with E-state index in [0.717, 1.165) is 31.6 Å². The molecule has 0 aromatic heterocycles. The van der Waals surface area contributed by atoms with Gasteiger partial charge in [-0.2, -0.15) is 0 Å². The highest BCUT2D eigenvalue weighted by Gasteiger charge is 2.30. The number of ketones is 1. The van der Waals surface area contributed by atoms with Gasteiger partial charge in [0.25, 0.3) is 0 Å². The number of carbonyl (C=O) groups is 1. The van der Waals surface area contributed by atoms with Crippen LogP contribution in [0.3, 0.4) is 0 Å². The molecule has 0 amide bonds. The van der Waals surface area contributed by atoms with Crippen LogP contribution in [0.4, 0.5) is 0 Å². The third-order valence-corrected chi connectivity index (χ3v) is 1.97. The number of hydrogen-bond acceptors (Lipinski definition) is 1. The minimum absolute atomic E-state index is 0.251. The Morgan fingerprint density at radius 3 is 2.80 bits per heavy atom. The van der Waals surface area contributed by atoms with Crippen LogP contribution in [0.2, 0.25) is 0 Å². The Morgan fingerprint density at radius 1 is 1.70 bits per heavy atom. The molecule has 1 heteroatoms. The number of rotatable bonds is 1. The van der Waals surface area contributed by atoms with Gasteiger partial charge >= 0.3 is 5.78 Å². The molecule has 0 spiro atoms. The molecular formula is C9H13O+.